The number of esters is 1. The first-order chi connectivity index (χ1) is 22.2. The summed E-state index contributed by atoms with van der Waals surface area (Å²) in [6.07, 6.45) is 10.8. The number of nitrogens with zero attached hydrogens (tertiary/aromatic N) is 1. The van der Waals surface area contributed by atoms with Crippen LogP contribution in [0.5, 0.6) is 0 Å². The molecule has 1 aromatic carbocycles. The number of benzene rings is 1. The molecule has 0 aromatic heterocycles. The van der Waals surface area contributed by atoms with Crippen LogP contribution in [0.2, 0.25) is 0 Å². The second kappa shape index (κ2) is 14.8. The van der Waals surface area contributed by atoms with E-state index in [0.717, 1.165) is 54.0 Å². The van der Waals surface area contributed by atoms with Crippen LogP contribution < -0.4 is 0 Å². The zero-order valence-corrected chi connectivity index (χ0v) is 28.1. The van der Waals surface area contributed by atoms with Gasteiger partial charge in [-0.05, 0) is 42.7 Å². The van der Waals surface area contributed by atoms with Crippen molar-refractivity contribution in [3.8, 4) is 0 Å². The van der Waals surface area contributed by atoms with E-state index < -0.39 is 23.5 Å². The van der Waals surface area contributed by atoms with Gasteiger partial charge in [0.15, 0.2) is 18.5 Å². The summed E-state index contributed by atoms with van der Waals surface area (Å²) in [5.74, 6) is -1.46. The number of methoxy groups -OCH3 is 1. The van der Waals surface area contributed by atoms with E-state index in [0.29, 0.717) is 13.0 Å². The van der Waals surface area contributed by atoms with Crippen molar-refractivity contribution in [1.82, 2.24) is 4.90 Å². The SMILES string of the molecule is C=CC(=CC=CC)CC(O)(Cc1ccccc1)C(=O)OC1C(C)C2=C(C=C3OCOC3C2C)C2CN(CCCC)CCC1(OC)O2. The summed E-state index contributed by atoms with van der Waals surface area (Å²) in [6, 6.07) is 9.53. The maximum atomic E-state index is 14.5. The molecule has 2 saturated heterocycles. The van der Waals surface area contributed by atoms with Crippen molar-refractivity contribution in [3.63, 3.8) is 0 Å². The molecule has 5 rings (SSSR count). The highest BCUT2D eigenvalue weighted by atomic mass is 16.7. The van der Waals surface area contributed by atoms with Crippen LogP contribution in [0, 0.1) is 11.8 Å². The molecule has 7 unspecified atom stereocenters. The highest BCUT2D eigenvalue weighted by Gasteiger charge is 2.56. The average Bonchev–Trinajstić information content (AvgIpc) is 3.43. The molecule has 250 valence electrons. The van der Waals surface area contributed by atoms with E-state index in [1.807, 2.05) is 55.5 Å². The molecule has 0 saturated carbocycles. The zero-order valence-electron chi connectivity index (χ0n) is 28.1. The van der Waals surface area contributed by atoms with Crippen LogP contribution in [-0.4, -0.2) is 79.2 Å². The number of unbranched alkanes of at least 4 members (excludes halogenated alkanes) is 1. The predicted octanol–water partition coefficient (Wildman–Crippen LogP) is 6.04. The molecule has 3 heterocycles. The van der Waals surface area contributed by atoms with Gasteiger partial charge in [-0.3, -0.25) is 0 Å². The second-order valence-electron chi connectivity index (χ2n) is 13.1. The van der Waals surface area contributed by atoms with E-state index in [4.69, 9.17) is 23.7 Å². The number of fused-ring (bicyclic) bond motifs is 4. The number of hydrogen-bond donors (Lipinski definition) is 1. The third-order valence-corrected chi connectivity index (χ3v) is 9.99. The van der Waals surface area contributed by atoms with Crippen LogP contribution in [0.4, 0.5) is 0 Å². The molecule has 46 heavy (non-hydrogen) atoms. The summed E-state index contributed by atoms with van der Waals surface area (Å²) in [6.45, 7) is 14.8. The van der Waals surface area contributed by atoms with Crippen molar-refractivity contribution in [2.75, 3.05) is 33.5 Å². The Balaban J connectivity index is 1.57. The molecule has 0 spiro atoms. The summed E-state index contributed by atoms with van der Waals surface area (Å²) in [5, 5.41) is 12.3. The molecule has 8 nitrogen and oxygen atoms in total. The fraction of sp³-hybridized carbons (Fsp3) is 0.553. The number of allylic oxidation sites excluding steroid dienone is 4. The van der Waals surface area contributed by atoms with Crippen LogP contribution in [0.25, 0.3) is 0 Å². The van der Waals surface area contributed by atoms with Crippen LogP contribution in [0.1, 0.15) is 58.9 Å². The zero-order chi connectivity index (χ0) is 32.9. The molecule has 8 heteroatoms. The van der Waals surface area contributed by atoms with Crippen LogP contribution in [-0.2, 0) is 34.9 Å². The lowest BCUT2D eigenvalue weighted by Gasteiger charge is -2.42. The van der Waals surface area contributed by atoms with Crippen molar-refractivity contribution in [3.05, 3.63) is 95.3 Å². The molecular formula is C38H51NO7. The molecule has 2 fully saturated rings. The third kappa shape index (κ3) is 6.97. The standard InChI is InChI=1S/C38H51NO7/c1-7-10-15-28(9-3)22-37(41,23-29-16-13-12-14-17-29)36(40)45-35-27(5)33-26(4)34-31(43-25-44-34)21-30(33)32-24-39(19-11-8-2)20-18-38(35,42-6)46-32/h7,9-10,12-17,21,26-27,32,34-35,41H,3,8,11,18-20,22-25H2,1-2,4-6H3. The Morgan fingerprint density at radius 1 is 1.24 bits per heavy atom. The lowest BCUT2D eigenvalue weighted by atomic mass is 9.74. The molecule has 1 N–H and O–H groups in total. The maximum absolute atomic E-state index is 14.5. The van der Waals surface area contributed by atoms with Gasteiger partial charge in [-0.25, -0.2) is 4.79 Å². The van der Waals surface area contributed by atoms with E-state index in [1.54, 1.807) is 13.2 Å². The number of hydrogen-bond acceptors (Lipinski definition) is 8. The monoisotopic (exact) mass is 633 g/mol. The minimum Gasteiger partial charge on any atom is -0.469 e. The Kier molecular flexibility index (Phi) is 11.1. The molecule has 2 bridgehead atoms. The predicted molar refractivity (Wildman–Crippen MR) is 178 cm³/mol. The Hall–Kier alpha value is -3.01. The Morgan fingerprint density at radius 2 is 2.02 bits per heavy atom. The van der Waals surface area contributed by atoms with Gasteiger partial charge in [0.05, 0.1) is 6.10 Å². The van der Waals surface area contributed by atoms with Crippen LogP contribution >= 0.6 is 0 Å². The first-order valence-electron chi connectivity index (χ1n) is 16.8. The quantitative estimate of drug-likeness (QED) is 0.220. The van der Waals surface area contributed by atoms with Gasteiger partial charge in [0.1, 0.15) is 11.9 Å². The fourth-order valence-electron chi connectivity index (χ4n) is 7.53. The summed E-state index contributed by atoms with van der Waals surface area (Å²) >= 11 is 0. The number of carbonyl (C=O) groups is 1. The van der Waals surface area contributed by atoms with Crippen LogP contribution in [0.15, 0.2) is 89.8 Å². The minimum atomic E-state index is -1.87. The first-order valence-corrected chi connectivity index (χ1v) is 16.8. The minimum absolute atomic E-state index is 0.0321. The fourth-order valence-corrected chi connectivity index (χ4v) is 7.53. The average molecular weight is 634 g/mol. The number of aliphatic hydroxyl groups is 1. The highest BCUT2D eigenvalue weighted by Crippen LogP contribution is 2.49. The van der Waals surface area contributed by atoms with Crippen molar-refractivity contribution < 1.29 is 33.6 Å². The second-order valence-corrected chi connectivity index (χ2v) is 13.1. The van der Waals surface area contributed by atoms with Crippen molar-refractivity contribution in [2.45, 2.75) is 89.5 Å². The molecular weight excluding hydrogens is 582 g/mol. The van der Waals surface area contributed by atoms with Gasteiger partial charge in [0.2, 0.25) is 5.79 Å². The lowest BCUT2D eigenvalue weighted by molar-refractivity contribution is -0.291. The number of carbonyl (C=O) groups excluding carboxylic acids is 1. The van der Waals surface area contributed by atoms with E-state index >= 15 is 0 Å². The summed E-state index contributed by atoms with van der Waals surface area (Å²) < 4.78 is 31.8. The largest absolute Gasteiger partial charge is 0.469 e. The van der Waals surface area contributed by atoms with E-state index in [1.165, 1.54) is 0 Å². The summed E-state index contributed by atoms with van der Waals surface area (Å²) in [5.41, 5.74) is 1.84. The summed E-state index contributed by atoms with van der Waals surface area (Å²) in [7, 11) is 1.63. The van der Waals surface area contributed by atoms with E-state index in [-0.39, 0.29) is 43.7 Å². The van der Waals surface area contributed by atoms with Gasteiger partial charge in [0, 0.05) is 51.3 Å². The van der Waals surface area contributed by atoms with E-state index in [2.05, 4.69) is 38.3 Å². The van der Waals surface area contributed by atoms with Crippen LogP contribution in [0.3, 0.4) is 0 Å². The lowest BCUT2D eigenvalue weighted by Crippen LogP contribution is -2.55. The molecule has 4 aliphatic rings. The van der Waals surface area contributed by atoms with Gasteiger partial charge in [-0.2, -0.15) is 0 Å². The Morgan fingerprint density at radius 3 is 2.72 bits per heavy atom. The normalized spacial score (nSPS) is 31.2. The third-order valence-electron chi connectivity index (χ3n) is 9.99. The Bertz CT molecular complexity index is 1370. The highest BCUT2D eigenvalue weighted by molar-refractivity contribution is 5.80. The summed E-state index contributed by atoms with van der Waals surface area (Å²) in [4.78, 5) is 16.9. The Labute approximate surface area is 274 Å². The molecule has 1 aromatic rings. The first kappa shape index (κ1) is 34.3. The van der Waals surface area contributed by atoms with Crippen molar-refractivity contribution >= 4 is 5.97 Å². The molecule has 7 atom stereocenters. The van der Waals surface area contributed by atoms with Gasteiger partial charge >= 0.3 is 5.97 Å². The molecule has 3 aliphatic heterocycles. The maximum Gasteiger partial charge on any atom is 0.339 e. The van der Waals surface area contributed by atoms with Gasteiger partial charge in [-0.1, -0.05) is 94.0 Å². The van der Waals surface area contributed by atoms with Gasteiger partial charge in [0.25, 0.3) is 0 Å². The molecule has 0 radical (unpaired) electrons. The van der Waals surface area contributed by atoms with Gasteiger partial charge in [-0.15, -0.1) is 0 Å². The van der Waals surface area contributed by atoms with E-state index in [9.17, 15) is 9.90 Å². The topological polar surface area (TPSA) is 86.7 Å². The van der Waals surface area contributed by atoms with Gasteiger partial charge < -0.3 is 33.7 Å². The smallest absolute Gasteiger partial charge is 0.339 e. The number of ether oxygens (including phenoxy) is 5. The molecule has 1 aliphatic carbocycles. The molecule has 0 amide bonds. The van der Waals surface area contributed by atoms with Crippen molar-refractivity contribution in [1.29, 1.82) is 0 Å². The van der Waals surface area contributed by atoms with Crippen molar-refractivity contribution in [2.24, 2.45) is 11.8 Å². The number of rotatable bonds is 12.